The van der Waals surface area contributed by atoms with E-state index < -0.39 is 20.0 Å². The summed E-state index contributed by atoms with van der Waals surface area (Å²) in [7, 11) is -5.36. The fourth-order valence-corrected chi connectivity index (χ4v) is 2.34. The molecule has 0 heterocycles. The highest BCUT2D eigenvalue weighted by molar-refractivity contribution is 7.86. The first kappa shape index (κ1) is 13.7. The summed E-state index contributed by atoms with van der Waals surface area (Å²) in [5, 5.41) is -4.13. The molecule has 0 aliphatic rings. The zero-order valence-electron chi connectivity index (χ0n) is 8.50. The van der Waals surface area contributed by atoms with Gasteiger partial charge in [-0.25, -0.2) is 4.48 Å². The van der Waals surface area contributed by atoms with E-state index in [4.69, 9.17) is 4.55 Å². The van der Waals surface area contributed by atoms with Crippen LogP contribution in [0.1, 0.15) is 20.8 Å². The second-order valence-corrected chi connectivity index (χ2v) is 4.50. The first-order valence-electron chi connectivity index (χ1n) is 4.39. The lowest BCUT2D eigenvalue weighted by Gasteiger charge is -2.39. The van der Waals surface area contributed by atoms with Crippen LogP contribution < -0.4 is 0 Å². The molecule has 0 aromatic heterocycles. The van der Waals surface area contributed by atoms with Crippen molar-refractivity contribution in [3.63, 3.8) is 0 Å². The van der Waals surface area contributed by atoms with E-state index in [1.165, 1.54) is 20.8 Å². The fraction of sp³-hybridized carbons (Fsp3) is 1.00. The summed E-state index contributed by atoms with van der Waals surface area (Å²) in [4.78, 5) is 0. The van der Waals surface area contributed by atoms with E-state index in [2.05, 4.69) is 0 Å². The lowest BCUT2D eigenvalue weighted by molar-refractivity contribution is -0.987. The average Bonchev–Trinajstić information content (AvgIpc) is 2.06. The Hall–Kier alpha value is -0.270. The maximum absolute atomic E-state index is 13.4. The Bertz CT molecular complexity index is 277. The van der Waals surface area contributed by atoms with Crippen molar-refractivity contribution in [2.24, 2.45) is 0 Å². The quantitative estimate of drug-likeness (QED) is 0.441. The van der Waals surface area contributed by atoms with Gasteiger partial charge in [0.15, 0.2) is 0 Å². The summed E-state index contributed by atoms with van der Waals surface area (Å²) < 4.78 is 55.4. The molecule has 1 N–H and O–H groups in total. The molecule has 0 spiro atoms. The van der Waals surface area contributed by atoms with E-state index in [1.54, 1.807) is 0 Å². The Labute approximate surface area is 82.9 Å². The Balaban J connectivity index is 5.42. The third-order valence-corrected chi connectivity index (χ3v) is 3.69. The third-order valence-electron chi connectivity index (χ3n) is 2.68. The van der Waals surface area contributed by atoms with Gasteiger partial charge in [0.25, 0.3) is 0 Å². The van der Waals surface area contributed by atoms with Crippen LogP contribution in [0.3, 0.4) is 0 Å². The number of nitrogens with zero attached hydrogens (tertiary/aromatic N) is 1. The van der Waals surface area contributed by atoms with Crippen molar-refractivity contribution in [1.29, 1.82) is 0 Å². The standard InChI is InChI=1S/C7H15F2NO3S/c1-4-10(5-2,6-3)7(8,9)14(11,12)13/h4-6H2,1-3H3/p+1. The van der Waals surface area contributed by atoms with Gasteiger partial charge in [-0.2, -0.15) is 8.42 Å². The Kier molecular flexibility index (Phi) is 4.00. The minimum Gasteiger partial charge on any atom is -0.276 e. The second kappa shape index (κ2) is 4.08. The van der Waals surface area contributed by atoms with Crippen molar-refractivity contribution >= 4 is 10.1 Å². The van der Waals surface area contributed by atoms with Crippen molar-refractivity contribution in [3.8, 4) is 0 Å². The normalized spacial score (nSPS) is 14.4. The molecule has 7 heteroatoms. The molecular formula is C7H16F2NO3S+. The predicted octanol–water partition coefficient (Wildman–Crippen LogP) is 1.30. The molecule has 86 valence electrons. The topological polar surface area (TPSA) is 54.4 Å². The van der Waals surface area contributed by atoms with E-state index >= 15 is 0 Å². The van der Waals surface area contributed by atoms with Crippen LogP contribution in [-0.2, 0) is 10.1 Å². The highest BCUT2D eigenvalue weighted by Gasteiger charge is 2.61. The fourth-order valence-electron chi connectivity index (χ4n) is 1.47. The van der Waals surface area contributed by atoms with Crippen LogP contribution >= 0.6 is 0 Å². The maximum Gasteiger partial charge on any atom is 0.522 e. The summed E-state index contributed by atoms with van der Waals surface area (Å²) in [5.41, 5.74) is 0. The predicted molar refractivity (Wildman–Crippen MR) is 48.4 cm³/mol. The van der Waals surface area contributed by atoms with Crippen LogP contribution in [0, 0.1) is 0 Å². The van der Waals surface area contributed by atoms with Crippen molar-refractivity contribution in [1.82, 2.24) is 0 Å². The summed E-state index contributed by atoms with van der Waals surface area (Å²) in [5.74, 6) is 0. The largest absolute Gasteiger partial charge is 0.522 e. The van der Waals surface area contributed by atoms with Crippen molar-refractivity contribution in [2.45, 2.75) is 26.1 Å². The van der Waals surface area contributed by atoms with Gasteiger partial charge in [-0.3, -0.25) is 4.55 Å². The maximum atomic E-state index is 13.4. The van der Waals surface area contributed by atoms with Gasteiger partial charge in [-0.15, -0.1) is 8.78 Å². The van der Waals surface area contributed by atoms with Crippen LogP contribution in [0.5, 0.6) is 0 Å². The Morgan fingerprint density at radius 1 is 1.14 bits per heavy atom. The Morgan fingerprint density at radius 2 is 1.43 bits per heavy atom. The van der Waals surface area contributed by atoms with E-state index in [0.717, 1.165) is 0 Å². The van der Waals surface area contributed by atoms with Crippen LogP contribution in [0.25, 0.3) is 0 Å². The second-order valence-electron chi connectivity index (χ2n) is 3.05. The summed E-state index contributed by atoms with van der Waals surface area (Å²) in [6.45, 7) is 4.23. The van der Waals surface area contributed by atoms with Crippen LogP contribution in [0.15, 0.2) is 0 Å². The number of halogens is 2. The summed E-state index contributed by atoms with van der Waals surface area (Å²) in [6.07, 6.45) is 0. The zero-order chi connectivity index (χ0) is 11.6. The molecule has 0 unspecified atom stereocenters. The molecule has 0 atom stereocenters. The number of quaternary nitrogens is 1. The van der Waals surface area contributed by atoms with Gasteiger partial charge in [0.1, 0.15) is 0 Å². The molecule has 0 bridgehead atoms. The van der Waals surface area contributed by atoms with Gasteiger partial charge in [-0.1, -0.05) is 0 Å². The molecule has 0 amide bonds. The van der Waals surface area contributed by atoms with Gasteiger partial charge in [0, 0.05) is 0 Å². The minimum atomic E-state index is -5.36. The van der Waals surface area contributed by atoms with Crippen LogP contribution in [0.4, 0.5) is 8.78 Å². The summed E-state index contributed by atoms with van der Waals surface area (Å²) >= 11 is 0. The molecule has 0 saturated heterocycles. The van der Waals surface area contributed by atoms with E-state index in [1.807, 2.05) is 0 Å². The molecule has 4 nitrogen and oxygen atoms in total. The minimum absolute atomic E-state index is 0.0558. The monoisotopic (exact) mass is 232 g/mol. The van der Waals surface area contributed by atoms with E-state index in [0.29, 0.717) is 0 Å². The van der Waals surface area contributed by atoms with Gasteiger partial charge in [-0.05, 0) is 20.8 Å². The van der Waals surface area contributed by atoms with Crippen LogP contribution in [-0.4, -0.2) is 42.5 Å². The first-order valence-corrected chi connectivity index (χ1v) is 5.83. The lowest BCUT2D eigenvalue weighted by atomic mass is 10.4. The zero-order valence-corrected chi connectivity index (χ0v) is 9.31. The molecule has 0 aromatic carbocycles. The summed E-state index contributed by atoms with van der Waals surface area (Å²) in [6, 6.07) is 0. The van der Waals surface area contributed by atoms with Crippen molar-refractivity contribution in [2.75, 3.05) is 19.6 Å². The highest BCUT2D eigenvalue weighted by atomic mass is 32.2. The molecule has 14 heavy (non-hydrogen) atoms. The molecule has 0 fully saturated rings. The van der Waals surface area contributed by atoms with Crippen molar-refractivity contribution < 1.29 is 26.2 Å². The smallest absolute Gasteiger partial charge is 0.276 e. The van der Waals surface area contributed by atoms with E-state index in [9.17, 15) is 17.2 Å². The average molecular weight is 232 g/mol. The lowest BCUT2D eigenvalue weighted by Crippen LogP contribution is -2.63. The molecule has 0 aromatic rings. The molecule has 0 aliphatic heterocycles. The van der Waals surface area contributed by atoms with Gasteiger partial charge in [0.05, 0.1) is 19.6 Å². The molecule has 0 aliphatic carbocycles. The SMILES string of the molecule is CC[N+](CC)(CC)C(F)(F)S(=O)(=O)O. The van der Waals surface area contributed by atoms with Gasteiger partial charge < -0.3 is 0 Å². The number of hydrogen-bond acceptors (Lipinski definition) is 2. The Morgan fingerprint density at radius 3 is 1.50 bits per heavy atom. The third kappa shape index (κ3) is 1.89. The molecule has 0 radical (unpaired) electrons. The molecular weight excluding hydrogens is 216 g/mol. The van der Waals surface area contributed by atoms with E-state index in [-0.39, 0.29) is 19.6 Å². The van der Waals surface area contributed by atoms with Gasteiger partial charge in [0.2, 0.25) is 0 Å². The van der Waals surface area contributed by atoms with Crippen LogP contribution in [0.2, 0.25) is 0 Å². The van der Waals surface area contributed by atoms with Crippen molar-refractivity contribution in [3.05, 3.63) is 0 Å². The number of rotatable bonds is 5. The molecule has 0 rings (SSSR count). The number of alkyl halides is 2. The highest BCUT2D eigenvalue weighted by Crippen LogP contribution is 2.33. The number of hydrogen-bond donors (Lipinski definition) is 1. The van der Waals surface area contributed by atoms with Gasteiger partial charge >= 0.3 is 15.5 Å². The molecule has 0 saturated carbocycles. The first-order chi connectivity index (χ1) is 6.18.